The Hall–Kier alpha value is -1.35. The predicted octanol–water partition coefficient (Wildman–Crippen LogP) is 2.64. The molecule has 3 nitrogen and oxygen atoms in total. The molecule has 0 bridgehead atoms. The highest BCUT2D eigenvalue weighted by atomic mass is 16.4. The summed E-state index contributed by atoms with van der Waals surface area (Å²) in [6.45, 7) is 7.57. The highest BCUT2D eigenvalue weighted by molar-refractivity contribution is 5.87. The van der Waals surface area contributed by atoms with Crippen LogP contribution in [0.3, 0.4) is 0 Å². The number of carboxylic acid groups (broad SMARTS) is 1. The van der Waals surface area contributed by atoms with Gasteiger partial charge in [0.15, 0.2) is 0 Å². The van der Waals surface area contributed by atoms with Gasteiger partial charge < -0.3 is 10.2 Å². The molecule has 88 valence electrons. The fraction of sp³-hybridized carbons (Fsp3) is 0.462. The summed E-state index contributed by atoms with van der Waals surface area (Å²) in [6.07, 6.45) is 0. The van der Waals surface area contributed by atoms with Crippen LogP contribution in [0.2, 0.25) is 0 Å². The molecule has 1 aromatic rings. The number of aliphatic hydroxyl groups is 1. The highest BCUT2D eigenvalue weighted by Crippen LogP contribution is 2.38. The van der Waals surface area contributed by atoms with E-state index >= 15 is 0 Å². The molecule has 0 saturated heterocycles. The Labute approximate surface area is 95.7 Å². The molecule has 1 unspecified atom stereocenters. The molecule has 0 heterocycles. The molecular formula is C13H18O3. The predicted molar refractivity (Wildman–Crippen MR) is 62.4 cm³/mol. The lowest BCUT2D eigenvalue weighted by Gasteiger charge is -2.37. The summed E-state index contributed by atoms with van der Waals surface area (Å²) in [5.74, 6) is -0.957. The van der Waals surface area contributed by atoms with Gasteiger partial charge in [0.05, 0.1) is 11.2 Å². The normalized spacial score (nSPS) is 15.6. The first-order valence-electron chi connectivity index (χ1n) is 5.22. The third kappa shape index (κ3) is 2.25. The minimum absolute atomic E-state index is 0.230. The standard InChI is InChI=1S/C13H18O3/c1-12(2,3)13(4,16)10-7-5-9(6-8-10)11(14)15/h5-8,16H,1-4H3,(H,14,15). The van der Waals surface area contributed by atoms with Crippen molar-refractivity contribution in [1.29, 1.82) is 0 Å². The SMILES string of the molecule is CC(C)(C)C(C)(O)c1ccc(C(=O)O)cc1. The van der Waals surface area contributed by atoms with E-state index in [9.17, 15) is 9.90 Å². The molecule has 16 heavy (non-hydrogen) atoms. The molecule has 1 atom stereocenters. The van der Waals surface area contributed by atoms with Gasteiger partial charge in [0.2, 0.25) is 0 Å². The summed E-state index contributed by atoms with van der Waals surface area (Å²) < 4.78 is 0. The largest absolute Gasteiger partial charge is 0.478 e. The van der Waals surface area contributed by atoms with Crippen LogP contribution in [0.1, 0.15) is 43.6 Å². The van der Waals surface area contributed by atoms with Gasteiger partial charge in [-0.1, -0.05) is 32.9 Å². The lowest BCUT2D eigenvalue weighted by atomic mass is 9.73. The van der Waals surface area contributed by atoms with Crippen LogP contribution in [0.5, 0.6) is 0 Å². The van der Waals surface area contributed by atoms with E-state index in [1.807, 2.05) is 20.8 Å². The minimum Gasteiger partial charge on any atom is -0.478 e. The summed E-state index contributed by atoms with van der Waals surface area (Å²) in [7, 11) is 0. The van der Waals surface area contributed by atoms with Crippen LogP contribution in [0.25, 0.3) is 0 Å². The topological polar surface area (TPSA) is 57.5 Å². The van der Waals surface area contributed by atoms with Crippen molar-refractivity contribution in [2.75, 3.05) is 0 Å². The third-order valence-corrected chi connectivity index (χ3v) is 3.15. The Morgan fingerprint density at radius 2 is 1.50 bits per heavy atom. The van der Waals surface area contributed by atoms with Crippen LogP contribution < -0.4 is 0 Å². The Kier molecular flexibility index (Phi) is 3.10. The summed E-state index contributed by atoms with van der Waals surface area (Å²) in [5.41, 5.74) is -0.333. The van der Waals surface area contributed by atoms with Crippen molar-refractivity contribution in [1.82, 2.24) is 0 Å². The molecule has 0 radical (unpaired) electrons. The van der Waals surface area contributed by atoms with Crippen molar-refractivity contribution in [3.05, 3.63) is 35.4 Å². The molecule has 0 aromatic heterocycles. The summed E-state index contributed by atoms with van der Waals surface area (Å²) >= 11 is 0. The molecule has 0 amide bonds. The van der Waals surface area contributed by atoms with E-state index in [-0.39, 0.29) is 11.0 Å². The van der Waals surface area contributed by atoms with Crippen molar-refractivity contribution in [2.45, 2.75) is 33.3 Å². The first kappa shape index (κ1) is 12.7. The molecular weight excluding hydrogens is 204 g/mol. The second kappa shape index (κ2) is 3.91. The van der Waals surface area contributed by atoms with Crippen LogP contribution in [0, 0.1) is 5.41 Å². The second-order valence-corrected chi connectivity index (χ2v) is 5.20. The van der Waals surface area contributed by atoms with Gasteiger partial charge in [0.1, 0.15) is 0 Å². The van der Waals surface area contributed by atoms with E-state index in [0.717, 1.165) is 5.56 Å². The highest BCUT2D eigenvalue weighted by Gasteiger charge is 2.36. The molecule has 2 N–H and O–H groups in total. The molecule has 0 fully saturated rings. The number of aromatic carboxylic acids is 1. The third-order valence-electron chi connectivity index (χ3n) is 3.15. The molecule has 3 heteroatoms. The summed E-state index contributed by atoms with van der Waals surface area (Å²) in [6, 6.07) is 6.35. The fourth-order valence-electron chi connectivity index (χ4n) is 1.37. The van der Waals surface area contributed by atoms with E-state index in [0.29, 0.717) is 0 Å². The van der Waals surface area contributed by atoms with Crippen molar-refractivity contribution < 1.29 is 15.0 Å². The Bertz CT molecular complexity index is 383. The van der Waals surface area contributed by atoms with Gasteiger partial charge in [0, 0.05) is 0 Å². The number of rotatable bonds is 2. The molecule has 1 aromatic carbocycles. The lowest BCUT2D eigenvalue weighted by Crippen LogP contribution is -2.36. The fourth-order valence-corrected chi connectivity index (χ4v) is 1.37. The van der Waals surface area contributed by atoms with Crippen molar-refractivity contribution in [3.8, 4) is 0 Å². The molecule has 0 saturated carbocycles. The Morgan fingerprint density at radius 1 is 1.06 bits per heavy atom. The van der Waals surface area contributed by atoms with Crippen molar-refractivity contribution in [3.63, 3.8) is 0 Å². The second-order valence-electron chi connectivity index (χ2n) is 5.20. The summed E-state index contributed by atoms with van der Waals surface area (Å²) in [5, 5.41) is 19.2. The van der Waals surface area contributed by atoms with Gasteiger partial charge in [-0.05, 0) is 30.0 Å². The van der Waals surface area contributed by atoms with E-state index in [1.165, 1.54) is 12.1 Å². The van der Waals surface area contributed by atoms with Gasteiger partial charge >= 0.3 is 5.97 Å². The van der Waals surface area contributed by atoms with Gasteiger partial charge in [0.25, 0.3) is 0 Å². The van der Waals surface area contributed by atoms with E-state index in [4.69, 9.17) is 5.11 Å². The van der Waals surface area contributed by atoms with Crippen LogP contribution in [-0.2, 0) is 5.60 Å². The minimum atomic E-state index is -0.982. The van der Waals surface area contributed by atoms with Gasteiger partial charge in [-0.2, -0.15) is 0 Å². The number of hydrogen-bond acceptors (Lipinski definition) is 2. The first-order chi connectivity index (χ1) is 7.16. The van der Waals surface area contributed by atoms with Crippen LogP contribution in [0.4, 0.5) is 0 Å². The zero-order valence-corrected chi connectivity index (χ0v) is 10.1. The van der Waals surface area contributed by atoms with Gasteiger partial charge in [-0.25, -0.2) is 4.79 Å². The Morgan fingerprint density at radius 3 is 1.81 bits per heavy atom. The number of carbonyl (C=O) groups is 1. The summed E-state index contributed by atoms with van der Waals surface area (Å²) in [4.78, 5) is 10.7. The van der Waals surface area contributed by atoms with E-state index in [1.54, 1.807) is 19.1 Å². The maximum absolute atomic E-state index is 10.7. The number of benzene rings is 1. The van der Waals surface area contributed by atoms with Crippen LogP contribution >= 0.6 is 0 Å². The van der Waals surface area contributed by atoms with Crippen LogP contribution in [0.15, 0.2) is 24.3 Å². The maximum Gasteiger partial charge on any atom is 0.335 e. The average molecular weight is 222 g/mol. The molecule has 0 aliphatic heterocycles. The quantitative estimate of drug-likeness (QED) is 0.808. The average Bonchev–Trinajstić information content (AvgIpc) is 2.16. The lowest BCUT2D eigenvalue weighted by molar-refractivity contribution is -0.0470. The van der Waals surface area contributed by atoms with E-state index < -0.39 is 11.6 Å². The van der Waals surface area contributed by atoms with Gasteiger partial charge in [-0.3, -0.25) is 0 Å². The zero-order chi connectivity index (χ0) is 12.6. The molecule has 1 rings (SSSR count). The smallest absolute Gasteiger partial charge is 0.335 e. The van der Waals surface area contributed by atoms with Crippen molar-refractivity contribution in [2.24, 2.45) is 5.41 Å². The molecule has 0 spiro atoms. The van der Waals surface area contributed by atoms with Crippen LogP contribution in [-0.4, -0.2) is 16.2 Å². The number of carboxylic acids is 1. The molecule has 0 aliphatic rings. The van der Waals surface area contributed by atoms with Crippen molar-refractivity contribution >= 4 is 5.97 Å². The first-order valence-corrected chi connectivity index (χ1v) is 5.22. The van der Waals surface area contributed by atoms with E-state index in [2.05, 4.69) is 0 Å². The monoisotopic (exact) mass is 222 g/mol. The van der Waals surface area contributed by atoms with Gasteiger partial charge in [-0.15, -0.1) is 0 Å². The Balaban J connectivity index is 3.11. The zero-order valence-electron chi connectivity index (χ0n) is 10.1. The maximum atomic E-state index is 10.7. The molecule has 0 aliphatic carbocycles. The number of hydrogen-bond donors (Lipinski definition) is 2.